The molecule has 0 unspecified atom stereocenters. The third-order valence-corrected chi connectivity index (χ3v) is 4.60. The van der Waals surface area contributed by atoms with E-state index in [4.69, 9.17) is 9.47 Å². The minimum Gasteiger partial charge on any atom is -0.490 e. The number of rotatable bonds is 8. The van der Waals surface area contributed by atoms with Gasteiger partial charge in [-0.3, -0.25) is 9.69 Å². The molecule has 1 heterocycles. The molecule has 0 amide bonds. The Hall–Kier alpha value is -1.55. The van der Waals surface area contributed by atoms with Gasteiger partial charge in [0.1, 0.15) is 6.29 Å². The van der Waals surface area contributed by atoms with E-state index in [1.807, 2.05) is 13.0 Å². The van der Waals surface area contributed by atoms with E-state index in [-0.39, 0.29) is 0 Å². The Labute approximate surface area is 139 Å². The smallest absolute Gasteiger partial charge is 0.161 e. The Bertz CT molecular complexity index is 493. The van der Waals surface area contributed by atoms with E-state index in [9.17, 15) is 4.79 Å². The first kappa shape index (κ1) is 17.8. The third kappa shape index (κ3) is 4.96. The Morgan fingerprint density at radius 3 is 2.57 bits per heavy atom. The van der Waals surface area contributed by atoms with Crippen LogP contribution >= 0.6 is 0 Å². The lowest BCUT2D eigenvalue weighted by Gasteiger charge is -2.39. The number of ether oxygens (including phenoxy) is 2. The number of carbonyl (C=O) groups is 1. The maximum atomic E-state index is 10.9. The molecule has 1 aromatic rings. The molecule has 0 bridgehead atoms. The zero-order valence-corrected chi connectivity index (χ0v) is 14.6. The van der Waals surface area contributed by atoms with Crippen LogP contribution in [0.2, 0.25) is 0 Å². The van der Waals surface area contributed by atoms with Gasteiger partial charge < -0.3 is 9.47 Å². The van der Waals surface area contributed by atoms with Crippen LogP contribution < -0.4 is 9.47 Å². The minimum absolute atomic E-state index is 0.557. The topological polar surface area (TPSA) is 38.8 Å². The summed E-state index contributed by atoms with van der Waals surface area (Å²) in [4.78, 5) is 13.5. The van der Waals surface area contributed by atoms with Gasteiger partial charge in [0.15, 0.2) is 11.5 Å². The molecule has 0 radical (unpaired) electrons. The van der Waals surface area contributed by atoms with E-state index in [2.05, 4.69) is 18.7 Å². The van der Waals surface area contributed by atoms with E-state index in [0.717, 1.165) is 25.0 Å². The summed E-state index contributed by atoms with van der Waals surface area (Å²) in [6, 6.07) is 6.66. The number of likely N-dealkylation sites (tertiary alicyclic amines) is 1. The molecular weight excluding hydrogens is 290 g/mol. The van der Waals surface area contributed by atoms with Crippen molar-refractivity contribution in [2.75, 3.05) is 19.8 Å². The lowest BCUT2D eigenvalue weighted by atomic mass is 9.97. The predicted molar refractivity (Wildman–Crippen MR) is 92.6 cm³/mol. The minimum atomic E-state index is 0.557. The van der Waals surface area contributed by atoms with Gasteiger partial charge in [0.2, 0.25) is 0 Å². The summed E-state index contributed by atoms with van der Waals surface area (Å²) in [5.74, 6) is 1.37. The number of hydrogen-bond acceptors (Lipinski definition) is 4. The Morgan fingerprint density at radius 2 is 1.91 bits per heavy atom. The van der Waals surface area contributed by atoms with Crippen molar-refractivity contribution in [3.05, 3.63) is 23.8 Å². The highest BCUT2D eigenvalue weighted by molar-refractivity contribution is 5.76. The fraction of sp³-hybridized carbons (Fsp3) is 0.632. The van der Waals surface area contributed by atoms with Gasteiger partial charge in [0.25, 0.3) is 0 Å². The summed E-state index contributed by atoms with van der Waals surface area (Å²) in [6.45, 7) is 8.86. The van der Waals surface area contributed by atoms with Gasteiger partial charge in [-0.05, 0) is 58.2 Å². The van der Waals surface area contributed by atoms with Crippen LogP contribution in [0.15, 0.2) is 18.2 Å². The molecule has 0 saturated carbocycles. The van der Waals surface area contributed by atoms with Crippen molar-refractivity contribution in [1.82, 2.24) is 4.90 Å². The second-order valence-corrected chi connectivity index (χ2v) is 6.33. The molecule has 0 spiro atoms. The fourth-order valence-corrected chi connectivity index (χ4v) is 3.33. The molecule has 4 nitrogen and oxygen atoms in total. The van der Waals surface area contributed by atoms with Crippen molar-refractivity contribution in [2.24, 2.45) is 0 Å². The number of piperidine rings is 1. The van der Waals surface area contributed by atoms with E-state index < -0.39 is 0 Å². The van der Waals surface area contributed by atoms with Crippen LogP contribution in [-0.4, -0.2) is 43.0 Å². The standard InChI is InChI=1S/C19H29NO3/c1-4-22-19-13-17(14-21)9-10-18(19)23-12-6-11-20-15(2)7-5-8-16(20)3/h9-10,13-16H,4-8,11-12H2,1-3H3/t15-,16-/m1/s1. The average molecular weight is 319 g/mol. The van der Waals surface area contributed by atoms with Gasteiger partial charge in [0.05, 0.1) is 13.2 Å². The highest BCUT2D eigenvalue weighted by Gasteiger charge is 2.23. The SMILES string of the molecule is CCOc1cc(C=O)ccc1OCCCN1[C@H](C)CCC[C@H]1C. The van der Waals surface area contributed by atoms with Crippen LogP contribution in [0.4, 0.5) is 0 Å². The van der Waals surface area contributed by atoms with E-state index in [0.29, 0.717) is 36.6 Å². The zero-order valence-electron chi connectivity index (χ0n) is 14.6. The maximum absolute atomic E-state index is 10.9. The number of hydrogen-bond donors (Lipinski definition) is 0. The molecular formula is C19H29NO3. The molecule has 1 aliphatic heterocycles. The number of carbonyl (C=O) groups excluding carboxylic acids is 1. The number of aldehydes is 1. The lowest BCUT2D eigenvalue weighted by molar-refractivity contribution is 0.0958. The van der Waals surface area contributed by atoms with Gasteiger partial charge in [-0.2, -0.15) is 0 Å². The van der Waals surface area contributed by atoms with Gasteiger partial charge >= 0.3 is 0 Å². The summed E-state index contributed by atoms with van der Waals surface area (Å²) in [5, 5.41) is 0. The molecule has 0 N–H and O–H groups in total. The van der Waals surface area contributed by atoms with Gasteiger partial charge in [-0.15, -0.1) is 0 Å². The molecule has 23 heavy (non-hydrogen) atoms. The average Bonchev–Trinajstić information content (AvgIpc) is 2.55. The molecule has 1 aromatic carbocycles. The lowest BCUT2D eigenvalue weighted by Crippen LogP contribution is -2.44. The predicted octanol–water partition coefficient (Wildman–Crippen LogP) is 3.93. The van der Waals surface area contributed by atoms with Crippen molar-refractivity contribution in [3.63, 3.8) is 0 Å². The molecule has 1 fully saturated rings. The summed E-state index contributed by atoms with van der Waals surface area (Å²) < 4.78 is 11.4. The van der Waals surface area contributed by atoms with Crippen LogP contribution in [0.3, 0.4) is 0 Å². The quantitative estimate of drug-likeness (QED) is 0.537. The number of benzene rings is 1. The normalized spacial score (nSPS) is 21.9. The molecule has 128 valence electrons. The van der Waals surface area contributed by atoms with Crippen molar-refractivity contribution >= 4 is 6.29 Å². The van der Waals surface area contributed by atoms with Crippen molar-refractivity contribution in [3.8, 4) is 11.5 Å². The monoisotopic (exact) mass is 319 g/mol. The molecule has 1 aliphatic rings. The summed E-state index contributed by atoms with van der Waals surface area (Å²) in [6.07, 6.45) is 5.76. The number of nitrogens with zero attached hydrogens (tertiary/aromatic N) is 1. The molecule has 1 saturated heterocycles. The van der Waals surface area contributed by atoms with Gasteiger partial charge in [-0.25, -0.2) is 0 Å². The first-order valence-electron chi connectivity index (χ1n) is 8.76. The molecule has 2 rings (SSSR count). The second-order valence-electron chi connectivity index (χ2n) is 6.33. The first-order chi connectivity index (χ1) is 11.2. The Kier molecular flexibility index (Phi) is 6.90. The van der Waals surface area contributed by atoms with Crippen molar-refractivity contribution < 1.29 is 14.3 Å². The van der Waals surface area contributed by atoms with Crippen LogP contribution in [0.5, 0.6) is 11.5 Å². The first-order valence-corrected chi connectivity index (χ1v) is 8.76. The third-order valence-electron chi connectivity index (χ3n) is 4.60. The summed E-state index contributed by atoms with van der Waals surface area (Å²) >= 11 is 0. The van der Waals surface area contributed by atoms with Gasteiger partial charge in [0, 0.05) is 24.2 Å². The second kappa shape index (κ2) is 8.92. The van der Waals surface area contributed by atoms with E-state index >= 15 is 0 Å². The molecule has 0 aromatic heterocycles. The van der Waals surface area contributed by atoms with Gasteiger partial charge in [-0.1, -0.05) is 6.42 Å². The van der Waals surface area contributed by atoms with Crippen molar-refractivity contribution in [2.45, 2.75) is 58.5 Å². The highest BCUT2D eigenvalue weighted by Crippen LogP contribution is 2.28. The van der Waals surface area contributed by atoms with E-state index in [1.165, 1.54) is 19.3 Å². The summed E-state index contributed by atoms with van der Waals surface area (Å²) in [7, 11) is 0. The maximum Gasteiger partial charge on any atom is 0.161 e. The molecule has 2 atom stereocenters. The largest absolute Gasteiger partial charge is 0.490 e. The molecule has 0 aliphatic carbocycles. The van der Waals surface area contributed by atoms with Crippen LogP contribution in [0, 0.1) is 0 Å². The zero-order chi connectivity index (χ0) is 16.7. The van der Waals surface area contributed by atoms with Crippen molar-refractivity contribution in [1.29, 1.82) is 0 Å². The highest BCUT2D eigenvalue weighted by atomic mass is 16.5. The Morgan fingerprint density at radius 1 is 1.17 bits per heavy atom. The molecule has 4 heteroatoms. The Balaban J connectivity index is 1.84. The fourth-order valence-electron chi connectivity index (χ4n) is 3.33. The van der Waals surface area contributed by atoms with Crippen LogP contribution in [-0.2, 0) is 0 Å². The van der Waals surface area contributed by atoms with E-state index in [1.54, 1.807) is 12.1 Å². The van der Waals surface area contributed by atoms with Crippen LogP contribution in [0.1, 0.15) is 56.8 Å². The van der Waals surface area contributed by atoms with Crippen LogP contribution in [0.25, 0.3) is 0 Å². The summed E-state index contributed by atoms with van der Waals surface area (Å²) in [5.41, 5.74) is 0.608.